The summed E-state index contributed by atoms with van der Waals surface area (Å²) in [5.74, 6) is -0.926. The van der Waals surface area contributed by atoms with Gasteiger partial charge in [-0.05, 0) is 37.5 Å². The number of rotatable bonds is 3. The molecule has 108 valence electrons. The molecule has 1 aromatic rings. The average molecular weight is 298 g/mol. The van der Waals surface area contributed by atoms with Crippen molar-refractivity contribution in [2.24, 2.45) is 0 Å². The first-order valence-corrected chi connectivity index (χ1v) is 6.79. The van der Waals surface area contributed by atoms with E-state index in [1.54, 1.807) is 12.1 Å². The molecule has 0 radical (unpaired) electrons. The summed E-state index contributed by atoms with van der Waals surface area (Å²) >= 11 is 5.91. The first kappa shape index (κ1) is 14.7. The number of nitrogens with zero attached hydrogens (tertiary/aromatic N) is 1. The van der Waals surface area contributed by atoms with Crippen LogP contribution in [0.5, 0.6) is 5.75 Å². The van der Waals surface area contributed by atoms with Gasteiger partial charge in [0, 0.05) is 11.6 Å². The van der Waals surface area contributed by atoms with Crippen molar-refractivity contribution >= 4 is 23.5 Å². The highest BCUT2D eigenvalue weighted by Crippen LogP contribution is 2.27. The minimum Gasteiger partial charge on any atom is -0.496 e. The number of benzene rings is 1. The first-order chi connectivity index (χ1) is 9.54. The topological polar surface area (TPSA) is 66.8 Å². The van der Waals surface area contributed by atoms with Gasteiger partial charge in [-0.3, -0.25) is 4.79 Å². The zero-order valence-corrected chi connectivity index (χ0v) is 11.9. The molecule has 1 aliphatic heterocycles. The molecule has 0 aromatic heterocycles. The number of carbonyl (C=O) groups is 2. The molecular formula is C14H16ClNO4. The monoisotopic (exact) mass is 297 g/mol. The fraction of sp³-hybridized carbons (Fsp3) is 0.429. The lowest BCUT2D eigenvalue weighted by atomic mass is 10.0. The number of carboxylic acids is 1. The Morgan fingerprint density at radius 1 is 1.40 bits per heavy atom. The molecule has 1 aliphatic rings. The van der Waals surface area contributed by atoms with E-state index in [9.17, 15) is 14.7 Å². The molecule has 1 aromatic carbocycles. The lowest BCUT2D eigenvalue weighted by Crippen LogP contribution is -2.48. The molecule has 0 bridgehead atoms. The van der Waals surface area contributed by atoms with Crippen molar-refractivity contribution in [2.45, 2.75) is 25.3 Å². The van der Waals surface area contributed by atoms with Crippen LogP contribution in [0.25, 0.3) is 0 Å². The molecule has 1 heterocycles. The molecule has 1 atom stereocenters. The summed E-state index contributed by atoms with van der Waals surface area (Å²) in [6.07, 6.45) is 2.09. The summed E-state index contributed by atoms with van der Waals surface area (Å²) in [6, 6.07) is 3.97. The van der Waals surface area contributed by atoms with E-state index in [1.165, 1.54) is 18.1 Å². The summed E-state index contributed by atoms with van der Waals surface area (Å²) in [5.41, 5.74) is 0.299. The Morgan fingerprint density at radius 2 is 2.15 bits per heavy atom. The van der Waals surface area contributed by atoms with Crippen molar-refractivity contribution in [1.29, 1.82) is 0 Å². The maximum atomic E-state index is 12.6. The number of piperidine rings is 1. The number of methoxy groups -OCH3 is 1. The van der Waals surface area contributed by atoms with Gasteiger partial charge in [0.05, 0.1) is 12.7 Å². The van der Waals surface area contributed by atoms with Gasteiger partial charge in [0.25, 0.3) is 5.91 Å². The van der Waals surface area contributed by atoms with Crippen molar-refractivity contribution in [2.75, 3.05) is 13.7 Å². The van der Waals surface area contributed by atoms with Crippen LogP contribution in [0.1, 0.15) is 29.6 Å². The first-order valence-electron chi connectivity index (χ1n) is 6.42. The molecular weight excluding hydrogens is 282 g/mol. The number of amides is 1. The predicted molar refractivity (Wildman–Crippen MR) is 74.3 cm³/mol. The maximum absolute atomic E-state index is 12.6. The van der Waals surface area contributed by atoms with Gasteiger partial charge in [0.15, 0.2) is 0 Å². The quantitative estimate of drug-likeness (QED) is 0.930. The summed E-state index contributed by atoms with van der Waals surface area (Å²) in [5, 5.41) is 9.65. The van der Waals surface area contributed by atoms with Crippen LogP contribution in [0.15, 0.2) is 18.2 Å². The molecule has 0 saturated carbocycles. The predicted octanol–water partition coefficient (Wildman–Crippen LogP) is 2.43. The minimum atomic E-state index is -0.973. The third-order valence-corrected chi connectivity index (χ3v) is 3.68. The van der Waals surface area contributed by atoms with E-state index in [0.29, 0.717) is 29.3 Å². The van der Waals surface area contributed by atoms with E-state index in [1.807, 2.05) is 0 Å². The number of aliphatic carboxylic acids is 1. The standard InChI is InChI=1S/C14H16ClNO4/c1-20-12-6-5-9(15)8-10(12)13(17)16-7-3-2-4-11(16)14(18)19/h5-6,8,11H,2-4,7H2,1H3,(H,18,19). The number of ether oxygens (including phenoxy) is 1. The van der Waals surface area contributed by atoms with E-state index >= 15 is 0 Å². The molecule has 5 nitrogen and oxygen atoms in total. The molecule has 1 saturated heterocycles. The van der Waals surface area contributed by atoms with E-state index in [0.717, 1.165) is 12.8 Å². The third kappa shape index (κ3) is 2.88. The van der Waals surface area contributed by atoms with Crippen molar-refractivity contribution in [1.82, 2.24) is 4.90 Å². The number of likely N-dealkylation sites (tertiary alicyclic amines) is 1. The molecule has 1 amide bonds. The zero-order valence-electron chi connectivity index (χ0n) is 11.1. The fourth-order valence-corrected chi connectivity index (χ4v) is 2.61. The number of hydrogen-bond donors (Lipinski definition) is 1. The van der Waals surface area contributed by atoms with Gasteiger partial charge in [-0.1, -0.05) is 11.6 Å². The van der Waals surface area contributed by atoms with Crippen molar-refractivity contribution < 1.29 is 19.4 Å². The van der Waals surface area contributed by atoms with Crippen LogP contribution >= 0.6 is 11.6 Å². The van der Waals surface area contributed by atoms with Crippen molar-refractivity contribution in [3.63, 3.8) is 0 Å². The second-order valence-corrected chi connectivity index (χ2v) is 5.13. The van der Waals surface area contributed by atoms with Gasteiger partial charge < -0.3 is 14.7 Å². The SMILES string of the molecule is COc1ccc(Cl)cc1C(=O)N1CCCCC1C(=O)O. The van der Waals surface area contributed by atoms with E-state index in [2.05, 4.69) is 0 Å². The van der Waals surface area contributed by atoms with Crippen LogP contribution < -0.4 is 4.74 Å². The molecule has 0 aliphatic carbocycles. The highest BCUT2D eigenvalue weighted by Gasteiger charge is 2.33. The van der Waals surface area contributed by atoms with Crippen LogP contribution in [-0.4, -0.2) is 41.6 Å². The maximum Gasteiger partial charge on any atom is 0.326 e. The Labute approximate surface area is 122 Å². The third-order valence-electron chi connectivity index (χ3n) is 3.44. The minimum absolute atomic E-state index is 0.299. The molecule has 1 fully saturated rings. The van der Waals surface area contributed by atoms with E-state index in [4.69, 9.17) is 16.3 Å². The molecule has 20 heavy (non-hydrogen) atoms. The summed E-state index contributed by atoms with van der Waals surface area (Å²) in [4.78, 5) is 25.2. The van der Waals surface area contributed by atoms with Crippen LogP contribution in [-0.2, 0) is 4.79 Å². The normalized spacial score (nSPS) is 18.7. The second kappa shape index (κ2) is 6.13. The summed E-state index contributed by atoms with van der Waals surface area (Å²) < 4.78 is 5.15. The number of carbonyl (C=O) groups excluding carboxylic acids is 1. The van der Waals surface area contributed by atoms with Gasteiger partial charge in [-0.15, -0.1) is 0 Å². The highest BCUT2D eigenvalue weighted by atomic mass is 35.5. The van der Waals surface area contributed by atoms with Gasteiger partial charge in [0.1, 0.15) is 11.8 Å². The Bertz CT molecular complexity index is 532. The van der Waals surface area contributed by atoms with Crippen molar-refractivity contribution in [3.05, 3.63) is 28.8 Å². The van der Waals surface area contributed by atoms with Gasteiger partial charge in [0.2, 0.25) is 0 Å². The molecule has 1 unspecified atom stereocenters. The lowest BCUT2D eigenvalue weighted by molar-refractivity contribution is -0.143. The molecule has 0 spiro atoms. The van der Waals surface area contributed by atoms with Crippen LogP contribution in [0, 0.1) is 0 Å². The van der Waals surface area contributed by atoms with Gasteiger partial charge in [-0.2, -0.15) is 0 Å². The van der Waals surface area contributed by atoms with Crippen LogP contribution in [0.2, 0.25) is 5.02 Å². The van der Waals surface area contributed by atoms with E-state index < -0.39 is 12.0 Å². The Hall–Kier alpha value is -1.75. The average Bonchev–Trinajstić information content (AvgIpc) is 2.46. The van der Waals surface area contributed by atoms with Crippen LogP contribution in [0.4, 0.5) is 0 Å². The largest absolute Gasteiger partial charge is 0.496 e. The number of hydrogen-bond acceptors (Lipinski definition) is 3. The van der Waals surface area contributed by atoms with Gasteiger partial charge in [-0.25, -0.2) is 4.79 Å². The highest BCUT2D eigenvalue weighted by molar-refractivity contribution is 6.31. The van der Waals surface area contributed by atoms with Gasteiger partial charge >= 0.3 is 5.97 Å². The fourth-order valence-electron chi connectivity index (χ4n) is 2.43. The zero-order chi connectivity index (χ0) is 14.7. The lowest BCUT2D eigenvalue weighted by Gasteiger charge is -2.33. The van der Waals surface area contributed by atoms with E-state index in [-0.39, 0.29) is 5.91 Å². The van der Waals surface area contributed by atoms with Crippen LogP contribution in [0.3, 0.4) is 0 Å². The second-order valence-electron chi connectivity index (χ2n) is 4.69. The Balaban J connectivity index is 2.34. The molecule has 6 heteroatoms. The number of halogens is 1. The molecule has 2 rings (SSSR count). The van der Waals surface area contributed by atoms with Crippen molar-refractivity contribution in [3.8, 4) is 5.75 Å². The Kier molecular flexibility index (Phi) is 4.49. The molecule has 1 N–H and O–H groups in total. The Morgan fingerprint density at radius 3 is 2.80 bits per heavy atom. The smallest absolute Gasteiger partial charge is 0.326 e. The summed E-state index contributed by atoms with van der Waals surface area (Å²) in [7, 11) is 1.46. The number of carboxylic acid groups (broad SMARTS) is 1. The summed E-state index contributed by atoms with van der Waals surface area (Å²) in [6.45, 7) is 0.436.